The van der Waals surface area contributed by atoms with Crippen LogP contribution in [-0.4, -0.2) is 10.1 Å². The summed E-state index contributed by atoms with van der Waals surface area (Å²) in [5.74, 6) is 0.261. The van der Waals surface area contributed by atoms with Gasteiger partial charge in [0, 0.05) is 25.0 Å². The van der Waals surface area contributed by atoms with Gasteiger partial charge in [-0.25, -0.2) is 0 Å². The molecule has 84 valence electrons. The first-order valence-corrected chi connectivity index (χ1v) is 5.17. The Kier molecular flexibility index (Phi) is 3.12. The summed E-state index contributed by atoms with van der Waals surface area (Å²) in [6.45, 7) is 1.17. The van der Waals surface area contributed by atoms with Crippen LogP contribution in [0.25, 0.3) is 0 Å². The number of aromatic amines is 1. The van der Waals surface area contributed by atoms with Crippen LogP contribution in [0.3, 0.4) is 0 Å². The van der Waals surface area contributed by atoms with Gasteiger partial charge in [0.2, 0.25) is 0 Å². The summed E-state index contributed by atoms with van der Waals surface area (Å²) in [4.78, 5) is 3.08. The predicted octanol–water partition coefficient (Wildman–Crippen LogP) is 1.79. The number of rotatable bonds is 4. The minimum absolute atomic E-state index is 0.261. The molecule has 0 aliphatic carbocycles. The monoisotopic (exact) mass is 217 g/mol. The van der Waals surface area contributed by atoms with Crippen LogP contribution in [0, 0.1) is 0 Å². The van der Waals surface area contributed by atoms with E-state index in [0.717, 1.165) is 16.9 Å². The number of benzene rings is 1. The number of phenols is 1. The van der Waals surface area contributed by atoms with Gasteiger partial charge in [-0.2, -0.15) is 0 Å². The van der Waals surface area contributed by atoms with Crippen LogP contribution < -0.4 is 11.1 Å². The van der Waals surface area contributed by atoms with Gasteiger partial charge in [0.25, 0.3) is 0 Å². The third-order valence-corrected chi connectivity index (χ3v) is 2.41. The van der Waals surface area contributed by atoms with Gasteiger partial charge in [-0.3, -0.25) is 0 Å². The van der Waals surface area contributed by atoms with Crippen LogP contribution in [0.5, 0.6) is 5.75 Å². The SMILES string of the molecule is NCc1cc(CNc2ccccc2O)c[nH]1. The molecule has 16 heavy (non-hydrogen) atoms. The van der Waals surface area contributed by atoms with Gasteiger partial charge >= 0.3 is 0 Å². The highest BCUT2D eigenvalue weighted by atomic mass is 16.3. The van der Waals surface area contributed by atoms with Gasteiger partial charge in [-0.15, -0.1) is 0 Å². The zero-order chi connectivity index (χ0) is 11.4. The molecule has 1 heterocycles. The lowest BCUT2D eigenvalue weighted by Crippen LogP contribution is -1.98. The summed E-state index contributed by atoms with van der Waals surface area (Å²) < 4.78 is 0. The molecule has 4 heteroatoms. The van der Waals surface area contributed by atoms with E-state index >= 15 is 0 Å². The number of nitrogens with one attached hydrogen (secondary N) is 2. The highest BCUT2D eigenvalue weighted by molar-refractivity contribution is 5.55. The molecule has 0 atom stereocenters. The molecular formula is C12H15N3O. The average molecular weight is 217 g/mol. The molecule has 0 aliphatic heterocycles. The number of aromatic hydroxyl groups is 1. The highest BCUT2D eigenvalue weighted by Gasteiger charge is 2.00. The lowest BCUT2D eigenvalue weighted by Gasteiger charge is -2.06. The van der Waals surface area contributed by atoms with Crippen molar-refractivity contribution in [2.24, 2.45) is 5.73 Å². The number of aromatic nitrogens is 1. The molecular weight excluding hydrogens is 202 g/mol. The molecule has 0 saturated heterocycles. The Hall–Kier alpha value is -1.94. The molecule has 2 rings (SSSR count). The Labute approximate surface area is 94.1 Å². The molecule has 4 nitrogen and oxygen atoms in total. The molecule has 0 saturated carbocycles. The van der Waals surface area contributed by atoms with Crippen LogP contribution in [0.2, 0.25) is 0 Å². The molecule has 0 unspecified atom stereocenters. The second-order valence-corrected chi connectivity index (χ2v) is 3.61. The quantitative estimate of drug-likeness (QED) is 0.590. The summed E-state index contributed by atoms with van der Waals surface area (Å²) in [6.07, 6.45) is 1.91. The molecule has 2 aromatic rings. The Bertz CT molecular complexity index is 465. The Morgan fingerprint density at radius 3 is 2.81 bits per heavy atom. The van der Waals surface area contributed by atoms with Crippen molar-refractivity contribution in [3.05, 3.63) is 47.8 Å². The standard InChI is InChI=1S/C12H15N3O/c13-6-10-5-9(7-14-10)8-15-11-3-1-2-4-12(11)16/h1-5,7,14-16H,6,8,13H2. The van der Waals surface area contributed by atoms with Crippen LogP contribution in [0.15, 0.2) is 36.5 Å². The zero-order valence-electron chi connectivity index (χ0n) is 8.90. The van der Waals surface area contributed by atoms with Crippen molar-refractivity contribution in [1.29, 1.82) is 0 Å². The zero-order valence-corrected chi connectivity index (χ0v) is 8.90. The van der Waals surface area contributed by atoms with Crippen LogP contribution in [0.4, 0.5) is 5.69 Å². The van der Waals surface area contributed by atoms with E-state index in [1.54, 1.807) is 12.1 Å². The van der Waals surface area contributed by atoms with Gasteiger partial charge < -0.3 is 21.1 Å². The fourth-order valence-corrected chi connectivity index (χ4v) is 1.53. The average Bonchev–Trinajstić information content (AvgIpc) is 2.76. The van der Waals surface area contributed by atoms with E-state index in [9.17, 15) is 5.11 Å². The largest absolute Gasteiger partial charge is 0.506 e. The first-order valence-electron chi connectivity index (χ1n) is 5.17. The van der Waals surface area contributed by atoms with E-state index < -0.39 is 0 Å². The van der Waals surface area contributed by atoms with Crippen molar-refractivity contribution in [2.75, 3.05) is 5.32 Å². The third kappa shape index (κ3) is 2.35. The maximum absolute atomic E-state index is 9.55. The Morgan fingerprint density at radius 2 is 2.12 bits per heavy atom. The van der Waals surface area contributed by atoms with Crippen LogP contribution in [0.1, 0.15) is 11.3 Å². The maximum Gasteiger partial charge on any atom is 0.138 e. The van der Waals surface area contributed by atoms with Gasteiger partial charge in [-0.05, 0) is 23.8 Å². The number of hydrogen-bond donors (Lipinski definition) is 4. The van der Waals surface area contributed by atoms with Crippen molar-refractivity contribution in [3.8, 4) is 5.75 Å². The lowest BCUT2D eigenvalue weighted by atomic mass is 10.2. The second-order valence-electron chi connectivity index (χ2n) is 3.61. The highest BCUT2D eigenvalue weighted by Crippen LogP contribution is 2.22. The van der Waals surface area contributed by atoms with E-state index in [-0.39, 0.29) is 5.75 Å². The predicted molar refractivity (Wildman–Crippen MR) is 64.1 cm³/mol. The number of phenolic OH excluding ortho intramolecular Hbond substituents is 1. The van der Waals surface area contributed by atoms with Gasteiger partial charge in [0.05, 0.1) is 5.69 Å². The van der Waals surface area contributed by atoms with E-state index in [2.05, 4.69) is 10.3 Å². The topological polar surface area (TPSA) is 74.1 Å². The Balaban J connectivity index is 1.99. The van der Waals surface area contributed by atoms with Crippen molar-refractivity contribution in [2.45, 2.75) is 13.1 Å². The first-order chi connectivity index (χ1) is 7.79. The molecule has 5 N–H and O–H groups in total. The van der Waals surface area contributed by atoms with Gasteiger partial charge in [0.15, 0.2) is 0 Å². The van der Waals surface area contributed by atoms with Gasteiger partial charge in [0.1, 0.15) is 5.75 Å². The molecule has 0 bridgehead atoms. The summed E-state index contributed by atoms with van der Waals surface area (Å²) in [5.41, 5.74) is 8.36. The van der Waals surface area contributed by atoms with Crippen molar-refractivity contribution in [3.63, 3.8) is 0 Å². The summed E-state index contributed by atoms with van der Waals surface area (Å²) in [7, 11) is 0. The van der Waals surface area contributed by atoms with Crippen molar-refractivity contribution < 1.29 is 5.11 Å². The number of nitrogens with two attached hydrogens (primary N) is 1. The molecule has 0 spiro atoms. The fourth-order valence-electron chi connectivity index (χ4n) is 1.53. The number of hydrogen-bond acceptors (Lipinski definition) is 3. The minimum Gasteiger partial charge on any atom is -0.506 e. The molecule has 0 aliphatic rings. The number of anilines is 1. The molecule has 0 fully saturated rings. The molecule has 0 radical (unpaired) electrons. The first kappa shape index (κ1) is 10.6. The second kappa shape index (κ2) is 4.72. The molecule has 1 aromatic carbocycles. The number of para-hydroxylation sites is 2. The van der Waals surface area contributed by atoms with E-state index in [0.29, 0.717) is 13.1 Å². The summed E-state index contributed by atoms with van der Waals surface area (Å²) >= 11 is 0. The minimum atomic E-state index is 0.261. The van der Waals surface area contributed by atoms with Gasteiger partial charge in [-0.1, -0.05) is 12.1 Å². The smallest absolute Gasteiger partial charge is 0.138 e. The fraction of sp³-hybridized carbons (Fsp3) is 0.167. The van der Waals surface area contributed by atoms with Crippen LogP contribution >= 0.6 is 0 Å². The molecule has 1 aromatic heterocycles. The van der Waals surface area contributed by atoms with Crippen molar-refractivity contribution >= 4 is 5.69 Å². The normalized spacial score (nSPS) is 10.3. The van der Waals surface area contributed by atoms with Crippen molar-refractivity contribution in [1.82, 2.24) is 4.98 Å². The molecule has 0 amide bonds. The van der Waals surface area contributed by atoms with E-state index in [4.69, 9.17) is 5.73 Å². The van der Waals surface area contributed by atoms with E-state index in [1.807, 2.05) is 24.4 Å². The maximum atomic E-state index is 9.55. The van der Waals surface area contributed by atoms with Crippen LogP contribution in [-0.2, 0) is 13.1 Å². The van der Waals surface area contributed by atoms with E-state index in [1.165, 1.54) is 0 Å². The summed E-state index contributed by atoms with van der Waals surface area (Å²) in [5, 5.41) is 12.7. The Morgan fingerprint density at radius 1 is 1.31 bits per heavy atom. The number of H-pyrrole nitrogens is 1. The lowest BCUT2D eigenvalue weighted by molar-refractivity contribution is 0.477. The third-order valence-electron chi connectivity index (χ3n) is 2.41. The summed E-state index contributed by atoms with van der Waals surface area (Å²) in [6, 6.07) is 9.18.